The van der Waals surface area contributed by atoms with Gasteiger partial charge in [0, 0.05) is 28.6 Å². The highest BCUT2D eigenvalue weighted by Gasteiger charge is 2.31. The predicted octanol–water partition coefficient (Wildman–Crippen LogP) is 4.42. The molecule has 3 heterocycles. The summed E-state index contributed by atoms with van der Waals surface area (Å²) < 4.78 is 1.11. The van der Waals surface area contributed by atoms with Crippen LogP contribution in [0, 0.1) is 0 Å². The number of anilines is 1. The number of hydrogen-bond acceptors (Lipinski definition) is 5. The zero-order chi connectivity index (χ0) is 20.7. The second-order valence-corrected chi connectivity index (χ2v) is 7.88. The molecule has 0 fully saturated rings. The van der Waals surface area contributed by atoms with Crippen molar-refractivity contribution in [3.63, 3.8) is 0 Å². The molecule has 0 atom stereocenters. The fraction of sp³-hybridized carbons (Fsp3) is 0.0435. The molecule has 0 unspecified atom stereocenters. The van der Waals surface area contributed by atoms with Crippen molar-refractivity contribution in [2.45, 2.75) is 0 Å². The molecule has 4 aromatic rings. The van der Waals surface area contributed by atoms with Crippen LogP contribution in [0.25, 0.3) is 26.5 Å². The van der Waals surface area contributed by atoms with E-state index in [1.54, 1.807) is 35.7 Å². The van der Waals surface area contributed by atoms with Gasteiger partial charge in [-0.05, 0) is 30.3 Å². The van der Waals surface area contributed by atoms with E-state index in [2.05, 4.69) is 21.9 Å². The third kappa shape index (κ3) is 3.15. The van der Waals surface area contributed by atoms with Gasteiger partial charge in [-0.1, -0.05) is 36.9 Å². The molecule has 5 rings (SSSR count). The number of amides is 2. The maximum Gasteiger partial charge on any atom is 0.259 e. The number of aromatic nitrogens is 2. The van der Waals surface area contributed by atoms with Crippen molar-refractivity contribution < 1.29 is 9.59 Å². The van der Waals surface area contributed by atoms with Gasteiger partial charge >= 0.3 is 0 Å². The van der Waals surface area contributed by atoms with E-state index in [-0.39, 0.29) is 18.4 Å². The molecule has 0 aliphatic carbocycles. The molecule has 6 nitrogen and oxygen atoms in total. The molecule has 7 heteroatoms. The number of hydrogen-bond donors (Lipinski definition) is 1. The molecular weight excluding hydrogens is 396 g/mol. The monoisotopic (exact) mass is 412 g/mol. The molecule has 146 valence electrons. The Morgan fingerprint density at radius 1 is 1.03 bits per heavy atom. The summed E-state index contributed by atoms with van der Waals surface area (Å²) in [6, 6.07) is 18.8. The lowest BCUT2D eigenvalue weighted by atomic mass is 10.1. The Bertz CT molecular complexity index is 1240. The van der Waals surface area contributed by atoms with Crippen LogP contribution in [0.4, 0.5) is 5.82 Å². The third-order valence-corrected chi connectivity index (χ3v) is 6.00. The smallest absolute Gasteiger partial charge is 0.259 e. The van der Waals surface area contributed by atoms with Crippen LogP contribution >= 0.6 is 11.3 Å². The zero-order valence-corrected chi connectivity index (χ0v) is 16.6. The van der Waals surface area contributed by atoms with Gasteiger partial charge < -0.3 is 5.32 Å². The molecule has 1 N–H and O–H groups in total. The van der Waals surface area contributed by atoms with E-state index in [0.29, 0.717) is 17.1 Å². The largest absolute Gasteiger partial charge is 0.309 e. The Morgan fingerprint density at radius 2 is 1.80 bits per heavy atom. The quantitative estimate of drug-likeness (QED) is 0.538. The number of rotatable bonds is 4. The van der Waals surface area contributed by atoms with Crippen LogP contribution < -0.4 is 5.32 Å². The van der Waals surface area contributed by atoms with Gasteiger partial charge in [0.2, 0.25) is 5.91 Å². The number of thiazole rings is 1. The molecule has 2 aromatic heterocycles. The summed E-state index contributed by atoms with van der Waals surface area (Å²) in [5.41, 5.74) is 3.69. The molecule has 0 saturated carbocycles. The third-order valence-electron chi connectivity index (χ3n) is 4.91. The van der Waals surface area contributed by atoms with E-state index in [9.17, 15) is 9.59 Å². The Labute approximate surface area is 176 Å². The van der Waals surface area contributed by atoms with Crippen LogP contribution in [0.2, 0.25) is 0 Å². The average Bonchev–Trinajstić information content (AvgIpc) is 3.30. The number of para-hydroxylation sites is 1. The lowest BCUT2D eigenvalue weighted by molar-refractivity contribution is -0.116. The zero-order valence-electron chi connectivity index (χ0n) is 15.8. The highest BCUT2D eigenvalue weighted by atomic mass is 32.1. The predicted molar refractivity (Wildman–Crippen MR) is 118 cm³/mol. The maximum absolute atomic E-state index is 12.5. The average molecular weight is 412 g/mol. The maximum atomic E-state index is 12.5. The van der Waals surface area contributed by atoms with Crippen LogP contribution in [-0.4, -0.2) is 33.2 Å². The summed E-state index contributed by atoms with van der Waals surface area (Å²) in [5.74, 6) is -0.137. The summed E-state index contributed by atoms with van der Waals surface area (Å²) in [4.78, 5) is 35.3. The second kappa shape index (κ2) is 7.20. The summed E-state index contributed by atoms with van der Waals surface area (Å²) in [5, 5.41) is 3.61. The number of nitrogens with zero attached hydrogens (tertiary/aromatic N) is 3. The van der Waals surface area contributed by atoms with Crippen molar-refractivity contribution in [2.75, 3.05) is 11.9 Å². The molecule has 1 aliphatic rings. The lowest BCUT2D eigenvalue weighted by Crippen LogP contribution is -2.32. The van der Waals surface area contributed by atoms with Gasteiger partial charge in [-0.15, -0.1) is 11.3 Å². The van der Waals surface area contributed by atoms with Crippen LogP contribution in [0.15, 0.2) is 73.4 Å². The minimum atomic E-state index is -0.336. The highest BCUT2D eigenvalue weighted by Crippen LogP contribution is 2.31. The van der Waals surface area contributed by atoms with Crippen molar-refractivity contribution in [2.24, 2.45) is 0 Å². The minimum Gasteiger partial charge on any atom is -0.309 e. The summed E-state index contributed by atoms with van der Waals surface area (Å²) in [7, 11) is 0. The molecule has 2 amide bonds. The van der Waals surface area contributed by atoms with Crippen LogP contribution in [-0.2, 0) is 4.79 Å². The number of pyridine rings is 1. The normalized spacial score (nSPS) is 13.0. The minimum absolute atomic E-state index is 0.117. The van der Waals surface area contributed by atoms with Gasteiger partial charge in [0.05, 0.1) is 10.2 Å². The molecule has 2 aromatic carbocycles. The van der Waals surface area contributed by atoms with Gasteiger partial charge in [0.1, 0.15) is 17.4 Å². The molecule has 0 spiro atoms. The fourth-order valence-corrected chi connectivity index (χ4v) is 4.37. The van der Waals surface area contributed by atoms with Crippen molar-refractivity contribution in [1.29, 1.82) is 0 Å². The number of carbonyl (C=O) groups is 2. The number of carbonyl (C=O) groups excluding carboxylic acids is 2. The van der Waals surface area contributed by atoms with E-state index >= 15 is 0 Å². The SMILES string of the molecule is C=C1c2ccccc2C(=O)N1CC(=O)Nc1ccc(-c2nc3ccccc3s2)cn1. The van der Waals surface area contributed by atoms with E-state index < -0.39 is 0 Å². The summed E-state index contributed by atoms with van der Waals surface area (Å²) in [6.45, 7) is 3.84. The molecule has 0 saturated heterocycles. The van der Waals surface area contributed by atoms with Crippen LogP contribution in [0.5, 0.6) is 0 Å². The van der Waals surface area contributed by atoms with Crippen LogP contribution in [0.1, 0.15) is 15.9 Å². The van der Waals surface area contributed by atoms with Crippen molar-refractivity contribution in [3.05, 3.63) is 84.6 Å². The van der Waals surface area contributed by atoms with Crippen molar-refractivity contribution in [1.82, 2.24) is 14.9 Å². The van der Waals surface area contributed by atoms with Crippen molar-refractivity contribution >= 4 is 44.9 Å². The van der Waals surface area contributed by atoms with Gasteiger partial charge in [0.25, 0.3) is 5.91 Å². The van der Waals surface area contributed by atoms with Crippen molar-refractivity contribution in [3.8, 4) is 10.6 Å². The standard InChI is InChI=1S/C23H16N4O2S/c1-14-16-6-2-3-7-17(16)23(29)27(14)13-21(28)26-20-11-10-15(12-24-20)22-25-18-8-4-5-9-19(18)30-22/h2-12H,1,13H2,(H,24,26,28). The summed E-state index contributed by atoms with van der Waals surface area (Å²) >= 11 is 1.59. The first kappa shape index (κ1) is 18.2. The second-order valence-electron chi connectivity index (χ2n) is 6.85. The van der Waals surface area contributed by atoms with E-state index in [0.717, 1.165) is 26.4 Å². The number of fused-ring (bicyclic) bond motifs is 2. The van der Waals surface area contributed by atoms with Gasteiger partial charge in [-0.2, -0.15) is 0 Å². The highest BCUT2D eigenvalue weighted by molar-refractivity contribution is 7.21. The summed E-state index contributed by atoms with van der Waals surface area (Å²) in [6.07, 6.45) is 1.68. The Hall–Kier alpha value is -3.84. The Balaban J connectivity index is 1.28. The first-order valence-electron chi connectivity index (χ1n) is 9.32. The molecule has 30 heavy (non-hydrogen) atoms. The Kier molecular flexibility index (Phi) is 4.37. The van der Waals surface area contributed by atoms with Crippen LogP contribution in [0.3, 0.4) is 0 Å². The Morgan fingerprint density at radius 3 is 2.53 bits per heavy atom. The van der Waals surface area contributed by atoms with Gasteiger partial charge in [0.15, 0.2) is 0 Å². The van der Waals surface area contributed by atoms with E-state index in [1.807, 2.05) is 42.5 Å². The number of nitrogens with one attached hydrogen (secondary N) is 1. The molecule has 0 radical (unpaired) electrons. The van der Waals surface area contributed by atoms with E-state index in [4.69, 9.17) is 0 Å². The first-order valence-corrected chi connectivity index (χ1v) is 10.1. The molecule has 1 aliphatic heterocycles. The first-order chi connectivity index (χ1) is 14.6. The molecular formula is C23H16N4O2S. The van der Waals surface area contributed by atoms with E-state index in [1.165, 1.54) is 4.90 Å². The molecule has 0 bridgehead atoms. The van der Waals surface area contributed by atoms with Gasteiger partial charge in [-0.25, -0.2) is 9.97 Å². The lowest BCUT2D eigenvalue weighted by Gasteiger charge is -2.16. The fourth-order valence-electron chi connectivity index (χ4n) is 3.42. The topological polar surface area (TPSA) is 75.2 Å². The van der Waals surface area contributed by atoms with Gasteiger partial charge in [-0.3, -0.25) is 14.5 Å². The number of benzene rings is 2.